The SMILES string of the molecule is CCOC(=O)c1c(NC(=O)c2c(C)nc3cc(C)ccn23)sc(C)c1C. The molecule has 0 atom stereocenters. The zero-order valence-electron chi connectivity index (χ0n) is 15.5. The summed E-state index contributed by atoms with van der Waals surface area (Å²) in [5.74, 6) is -0.721. The molecule has 0 fully saturated rings. The van der Waals surface area contributed by atoms with Crippen LogP contribution in [-0.2, 0) is 4.74 Å². The molecule has 1 amide bonds. The Hall–Kier alpha value is -2.67. The zero-order valence-corrected chi connectivity index (χ0v) is 16.3. The van der Waals surface area contributed by atoms with Crippen LogP contribution in [0.3, 0.4) is 0 Å². The van der Waals surface area contributed by atoms with E-state index in [2.05, 4.69) is 10.3 Å². The maximum atomic E-state index is 12.9. The highest BCUT2D eigenvalue weighted by atomic mass is 32.1. The molecule has 0 spiro atoms. The second kappa shape index (κ2) is 6.92. The van der Waals surface area contributed by atoms with Crippen LogP contribution in [0.1, 0.15) is 49.5 Å². The molecule has 1 N–H and O–H groups in total. The first-order chi connectivity index (χ1) is 12.3. The van der Waals surface area contributed by atoms with E-state index < -0.39 is 5.97 Å². The normalized spacial score (nSPS) is 11.0. The first-order valence-electron chi connectivity index (χ1n) is 8.37. The lowest BCUT2D eigenvalue weighted by Gasteiger charge is -2.08. The van der Waals surface area contributed by atoms with Gasteiger partial charge in [0, 0.05) is 11.1 Å². The number of nitrogens with zero attached hydrogens (tertiary/aromatic N) is 2. The van der Waals surface area contributed by atoms with Crippen LogP contribution in [0.25, 0.3) is 5.65 Å². The molecule has 0 aliphatic rings. The van der Waals surface area contributed by atoms with Gasteiger partial charge < -0.3 is 10.1 Å². The molecule has 136 valence electrons. The van der Waals surface area contributed by atoms with Crippen LogP contribution in [-0.4, -0.2) is 27.9 Å². The first-order valence-corrected chi connectivity index (χ1v) is 9.18. The number of carbonyl (C=O) groups is 2. The smallest absolute Gasteiger partial charge is 0.341 e. The summed E-state index contributed by atoms with van der Waals surface area (Å²) < 4.78 is 6.90. The van der Waals surface area contributed by atoms with Gasteiger partial charge in [0.2, 0.25) is 0 Å². The van der Waals surface area contributed by atoms with Crippen LogP contribution in [0, 0.1) is 27.7 Å². The molecule has 6 nitrogen and oxygen atoms in total. The van der Waals surface area contributed by atoms with Gasteiger partial charge >= 0.3 is 5.97 Å². The van der Waals surface area contributed by atoms with Crippen molar-refractivity contribution >= 4 is 33.9 Å². The molecule has 0 bridgehead atoms. The number of hydrogen-bond acceptors (Lipinski definition) is 5. The van der Waals surface area contributed by atoms with Crippen molar-refractivity contribution in [2.75, 3.05) is 11.9 Å². The number of ether oxygens (including phenoxy) is 1. The van der Waals surface area contributed by atoms with Crippen molar-refractivity contribution < 1.29 is 14.3 Å². The lowest BCUT2D eigenvalue weighted by Crippen LogP contribution is -2.17. The van der Waals surface area contributed by atoms with Gasteiger partial charge in [-0.25, -0.2) is 9.78 Å². The van der Waals surface area contributed by atoms with Gasteiger partial charge in [0.25, 0.3) is 5.91 Å². The molecule has 0 aromatic carbocycles. The van der Waals surface area contributed by atoms with E-state index in [0.717, 1.165) is 21.7 Å². The number of nitrogens with one attached hydrogen (secondary N) is 1. The Morgan fingerprint density at radius 1 is 1.27 bits per heavy atom. The molecule has 3 rings (SSSR count). The number of carbonyl (C=O) groups excluding carboxylic acids is 2. The van der Waals surface area contributed by atoms with Crippen molar-refractivity contribution in [3.05, 3.63) is 51.3 Å². The maximum Gasteiger partial charge on any atom is 0.341 e. The Morgan fingerprint density at radius 3 is 2.69 bits per heavy atom. The Labute approximate surface area is 155 Å². The molecule has 0 saturated carbocycles. The van der Waals surface area contributed by atoms with Gasteiger partial charge in [-0.3, -0.25) is 9.20 Å². The average molecular weight is 371 g/mol. The van der Waals surface area contributed by atoms with E-state index in [-0.39, 0.29) is 12.5 Å². The second-order valence-electron chi connectivity index (χ2n) is 6.14. The number of aryl methyl sites for hydroxylation is 3. The van der Waals surface area contributed by atoms with Crippen LogP contribution in [0.15, 0.2) is 18.3 Å². The van der Waals surface area contributed by atoms with Gasteiger partial charge in [-0.2, -0.15) is 0 Å². The fourth-order valence-electron chi connectivity index (χ4n) is 2.86. The maximum absolute atomic E-state index is 12.9. The molecule has 3 aromatic rings. The van der Waals surface area contributed by atoms with Crippen LogP contribution in [0.5, 0.6) is 0 Å². The molecule has 0 unspecified atom stereocenters. The quantitative estimate of drug-likeness (QED) is 0.702. The number of imidazole rings is 1. The summed E-state index contributed by atoms with van der Waals surface area (Å²) in [4.78, 5) is 30.7. The number of esters is 1. The lowest BCUT2D eigenvalue weighted by molar-refractivity contribution is 0.0527. The van der Waals surface area contributed by atoms with Crippen molar-refractivity contribution in [2.24, 2.45) is 0 Å². The van der Waals surface area contributed by atoms with Crippen molar-refractivity contribution in [3.8, 4) is 0 Å². The van der Waals surface area contributed by atoms with E-state index >= 15 is 0 Å². The molecular weight excluding hydrogens is 350 g/mol. The monoisotopic (exact) mass is 371 g/mol. The summed E-state index contributed by atoms with van der Waals surface area (Å²) in [6.07, 6.45) is 1.83. The van der Waals surface area contributed by atoms with Gasteiger partial charge in [0.05, 0.1) is 17.9 Å². The molecule has 3 heterocycles. The fraction of sp³-hybridized carbons (Fsp3) is 0.316. The number of amides is 1. The van der Waals surface area contributed by atoms with Crippen molar-refractivity contribution in [1.82, 2.24) is 9.38 Å². The standard InChI is InChI=1S/C19H21N3O3S/c1-6-25-19(24)15-11(3)13(5)26-18(15)21-17(23)16-12(4)20-14-9-10(2)7-8-22(14)16/h7-9H,6H2,1-5H3,(H,21,23). The first kappa shape index (κ1) is 18.1. The van der Waals surface area contributed by atoms with Gasteiger partial charge in [-0.1, -0.05) is 0 Å². The minimum absolute atomic E-state index is 0.284. The third kappa shape index (κ3) is 3.10. The van der Waals surface area contributed by atoms with E-state index in [1.165, 1.54) is 11.3 Å². The molecule has 26 heavy (non-hydrogen) atoms. The van der Waals surface area contributed by atoms with Crippen LogP contribution < -0.4 is 5.32 Å². The molecular formula is C19H21N3O3S. The third-order valence-corrected chi connectivity index (χ3v) is 5.39. The number of pyridine rings is 1. The highest BCUT2D eigenvalue weighted by Gasteiger charge is 2.24. The highest BCUT2D eigenvalue weighted by molar-refractivity contribution is 7.16. The predicted molar refractivity (Wildman–Crippen MR) is 102 cm³/mol. The Bertz CT molecular complexity index is 1020. The van der Waals surface area contributed by atoms with Gasteiger partial charge in [-0.15, -0.1) is 11.3 Å². The number of anilines is 1. The minimum Gasteiger partial charge on any atom is -0.462 e. The van der Waals surface area contributed by atoms with Gasteiger partial charge in [0.1, 0.15) is 16.3 Å². The molecule has 3 aromatic heterocycles. The summed E-state index contributed by atoms with van der Waals surface area (Å²) in [7, 11) is 0. The summed E-state index contributed by atoms with van der Waals surface area (Å²) in [6.45, 7) is 9.60. The number of fused-ring (bicyclic) bond motifs is 1. The molecule has 0 saturated heterocycles. The molecule has 0 aliphatic carbocycles. The number of hydrogen-bond donors (Lipinski definition) is 1. The summed E-state index contributed by atoms with van der Waals surface area (Å²) >= 11 is 1.37. The van der Waals surface area contributed by atoms with Crippen LogP contribution in [0.2, 0.25) is 0 Å². The Kier molecular flexibility index (Phi) is 4.82. The van der Waals surface area contributed by atoms with Crippen molar-refractivity contribution in [1.29, 1.82) is 0 Å². The number of thiophene rings is 1. The second-order valence-corrected chi connectivity index (χ2v) is 7.36. The van der Waals surface area contributed by atoms with E-state index in [1.54, 1.807) is 18.2 Å². The van der Waals surface area contributed by atoms with E-state index in [4.69, 9.17) is 4.74 Å². The number of aromatic nitrogens is 2. The van der Waals surface area contributed by atoms with Crippen LogP contribution in [0.4, 0.5) is 5.00 Å². The van der Waals surface area contributed by atoms with Gasteiger partial charge in [-0.05, 0) is 57.9 Å². The average Bonchev–Trinajstić information content (AvgIpc) is 3.03. The largest absolute Gasteiger partial charge is 0.462 e. The van der Waals surface area contributed by atoms with E-state index in [0.29, 0.717) is 22.0 Å². The lowest BCUT2D eigenvalue weighted by atomic mass is 10.1. The molecule has 0 radical (unpaired) electrons. The molecule has 7 heteroatoms. The minimum atomic E-state index is -0.421. The topological polar surface area (TPSA) is 72.7 Å². The van der Waals surface area contributed by atoms with Crippen LogP contribution >= 0.6 is 11.3 Å². The summed E-state index contributed by atoms with van der Waals surface area (Å²) in [6, 6.07) is 3.85. The van der Waals surface area contributed by atoms with E-state index in [9.17, 15) is 9.59 Å². The van der Waals surface area contributed by atoms with E-state index in [1.807, 2.05) is 39.1 Å². The zero-order chi connectivity index (χ0) is 19.0. The third-order valence-electron chi connectivity index (χ3n) is 4.26. The fourth-order valence-corrected chi connectivity index (χ4v) is 3.91. The Balaban J connectivity index is 2.00. The van der Waals surface area contributed by atoms with Gasteiger partial charge in [0.15, 0.2) is 0 Å². The number of rotatable bonds is 4. The Morgan fingerprint density at radius 2 is 2.00 bits per heavy atom. The summed E-state index contributed by atoms with van der Waals surface area (Å²) in [5.41, 5.74) is 4.13. The predicted octanol–water partition coefficient (Wildman–Crippen LogP) is 4.06. The van der Waals surface area contributed by atoms with Crippen molar-refractivity contribution in [3.63, 3.8) is 0 Å². The van der Waals surface area contributed by atoms with Crippen molar-refractivity contribution in [2.45, 2.75) is 34.6 Å². The summed E-state index contributed by atoms with van der Waals surface area (Å²) in [5, 5.41) is 3.38. The molecule has 0 aliphatic heterocycles. The highest BCUT2D eigenvalue weighted by Crippen LogP contribution is 2.33.